The van der Waals surface area contributed by atoms with Crippen LogP contribution in [0.2, 0.25) is 5.02 Å². The normalized spacial score (nSPS) is 11.6. The molecule has 19 heavy (non-hydrogen) atoms. The molecule has 1 unspecified atom stereocenters. The van der Waals surface area contributed by atoms with Crippen molar-refractivity contribution in [3.05, 3.63) is 29.3 Å². The maximum absolute atomic E-state index is 11.2. The van der Waals surface area contributed by atoms with E-state index in [0.29, 0.717) is 10.7 Å². The van der Waals surface area contributed by atoms with Crippen LogP contribution in [0.3, 0.4) is 0 Å². The molecule has 1 aromatic carbocycles. The largest absolute Gasteiger partial charge is 0.465 e. The number of aliphatic hydroxyl groups is 1. The minimum absolute atomic E-state index is 0.0266. The molecule has 0 heterocycles. The molecule has 0 aliphatic carbocycles. The lowest BCUT2D eigenvalue weighted by Crippen LogP contribution is -2.37. The van der Waals surface area contributed by atoms with E-state index in [4.69, 9.17) is 31.8 Å². The van der Waals surface area contributed by atoms with Gasteiger partial charge in [-0.05, 0) is 18.2 Å². The third-order valence-corrected chi connectivity index (χ3v) is 2.49. The Morgan fingerprint density at radius 2 is 2.32 bits per heavy atom. The van der Waals surface area contributed by atoms with Gasteiger partial charge in [-0.25, -0.2) is 4.79 Å². The van der Waals surface area contributed by atoms with Crippen LogP contribution >= 0.6 is 11.6 Å². The quantitative estimate of drug-likeness (QED) is 0.829. The lowest BCUT2D eigenvalue weighted by atomic mass is 10.2. The van der Waals surface area contributed by atoms with Crippen molar-refractivity contribution in [2.45, 2.75) is 6.10 Å². The number of ether oxygens (including phenoxy) is 1. The number of anilines is 1. The Bertz CT molecular complexity index is 475. The maximum Gasteiger partial charge on any atom is 0.411 e. The summed E-state index contributed by atoms with van der Waals surface area (Å²) in [5, 5.41) is 27.1. The summed E-state index contributed by atoms with van der Waals surface area (Å²) < 4.78 is 5.02. The summed E-state index contributed by atoms with van der Waals surface area (Å²) in [7, 11) is 0. The van der Waals surface area contributed by atoms with Gasteiger partial charge in [0.15, 0.2) is 6.10 Å². The Balaban J connectivity index is 2.84. The van der Waals surface area contributed by atoms with E-state index >= 15 is 0 Å². The molecule has 0 spiro atoms. The number of benzene rings is 1. The Labute approximate surface area is 115 Å². The lowest BCUT2D eigenvalue weighted by Gasteiger charge is -2.22. The fraction of sp³-hybridized carbons (Fsp3) is 0.333. The monoisotopic (exact) mass is 284 g/mol. The summed E-state index contributed by atoms with van der Waals surface area (Å²) in [4.78, 5) is 12.2. The second-order valence-corrected chi connectivity index (χ2v) is 4.02. The van der Waals surface area contributed by atoms with Crippen LogP contribution in [0.5, 0.6) is 0 Å². The number of hydrogen-bond donors (Lipinski definition) is 2. The molecule has 0 aliphatic rings. The number of carbonyl (C=O) groups is 1. The van der Waals surface area contributed by atoms with Crippen LogP contribution in [0.1, 0.15) is 0 Å². The van der Waals surface area contributed by atoms with Gasteiger partial charge in [0.2, 0.25) is 0 Å². The van der Waals surface area contributed by atoms with Crippen LogP contribution < -0.4 is 4.90 Å². The van der Waals surface area contributed by atoms with Crippen molar-refractivity contribution in [3.63, 3.8) is 0 Å². The van der Waals surface area contributed by atoms with Gasteiger partial charge in [0.05, 0.1) is 25.8 Å². The van der Waals surface area contributed by atoms with Crippen molar-refractivity contribution >= 4 is 23.4 Å². The van der Waals surface area contributed by atoms with Crippen molar-refractivity contribution in [2.24, 2.45) is 0 Å². The van der Waals surface area contributed by atoms with Crippen LogP contribution in [-0.2, 0) is 4.74 Å². The van der Waals surface area contributed by atoms with Crippen molar-refractivity contribution < 1.29 is 19.7 Å². The van der Waals surface area contributed by atoms with Gasteiger partial charge in [0.25, 0.3) is 0 Å². The Hall–Kier alpha value is -1.81. The van der Waals surface area contributed by atoms with E-state index in [2.05, 4.69) is 0 Å². The van der Waals surface area contributed by atoms with Crippen LogP contribution in [0.15, 0.2) is 24.3 Å². The number of aliphatic hydroxyl groups excluding tert-OH is 1. The molecule has 1 amide bonds. The van der Waals surface area contributed by atoms with Gasteiger partial charge in [-0.15, -0.1) is 0 Å². The molecule has 0 aromatic heterocycles. The number of carboxylic acid groups (broad SMARTS) is 1. The van der Waals surface area contributed by atoms with E-state index in [-0.39, 0.29) is 19.8 Å². The number of hydrogen-bond acceptors (Lipinski definition) is 4. The predicted molar refractivity (Wildman–Crippen MR) is 69.3 cm³/mol. The third-order valence-electron chi connectivity index (χ3n) is 2.25. The maximum atomic E-state index is 11.2. The van der Waals surface area contributed by atoms with Crippen LogP contribution in [0, 0.1) is 11.3 Å². The zero-order valence-corrected chi connectivity index (χ0v) is 10.7. The van der Waals surface area contributed by atoms with Crippen molar-refractivity contribution in [2.75, 3.05) is 24.7 Å². The Morgan fingerprint density at radius 3 is 2.84 bits per heavy atom. The highest BCUT2D eigenvalue weighted by atomic mass is 35.5. The molecule has 0 saturated heterocycles. The molecule has 0 saturated carbocycles. The molecule has 7 heteroatoms. The van der Waals surface area contributed by atoms with E-state index in [1.165, 1.54) is 6.07 Å². The number of nitrogens with zero attached hydrogens (tertiary/aromatic N) is 2. The first kappa shape index (κ1) is 15.2. The van der Waals surface area contributed by atoms with Crippen molar-refractivity contribution in [3.8, 4) is 6.07 Å². The van der Waals surface area contributed by atoms with Crippen LogP contribution in [-0.4, -0.2) is 42.2 Å². The summed E-state index contributed by atoms with van der Waals surface area (Å²) in [6, 6.07) is 8.12. The fourth-order valence-electron chi connectivity index (χ4n) is 1.43. The molecule has 102 valence electrons. The van der Waals surface area contributed by atoms with Gasteiger partial charge in [0, 0.05) is 10.7 Å². The SMILES string of the molecule is N#CC(CN(C(=O)O)c1cccc(Cl)c1)OCCO. The molecular weight excluding hydrogens is 272 g/mol. The van der Waals surface area contributed by atoms with Gasteiger partial charge in [0.1, 0.15) is 0 Å². The van der Waals surface area contributed by atoms with Gasteiger partial charge >= 0.3 is 6.09 Å². The second kappa shape index (κ2) is 7.59. The summed E-state index contributed by atoms with van der Waals surface area (Å²) >= 11 is 5.80. The highest BCUT2D eigenvalue weighted by Crippen LogP contribution is 2.20. The molecule has 1 aromatic rings. The van der Waals surface area contributed by atoms with Crippen molar-refractivity contribution in [1.29, 1.82) is 5.26 Å². The van der Waals surface area contributed by atoms with E-state index in [1.807, 2.05) is 6.07 Å². The topological polar surface area (TPSA) is 93.8 Å². The number of nitriles is 1. The van der Waals surface area contributed by atoms with Gasteiger partial charge in [-0.3, -0.25) is 4.90 Å². The smallest absolute Gasteiger partial charge is 0.411 e. The van der Waals surface area contributed by atoms with Crippen LogP contribution in [0.25, 0.3) is 0 Å². The standard InChI is InChI=1S/C12H13ClN2O4/c13-9-2-1-3-10(6-9)15(12(17)18)8-11(7-14)19-5-4-16/h1-3,6,11,16H,4-5,8H2,(H,17,18). The summed E-state index contributed by atoms with van der Waals surface area (Å²) in [6.07, 6.45) is -2.17. The number of amides is 1. The fourth-order valence-corrected chi connectivity index (χ4v) is 1.61. The highest BCUT2D eigenvalue weighted by Gasteiger charge is 2.20. The second-order valence-electron chi connectivity index (χ2n) is 3.59. The van der Waals surface area contributed by atoms with Gasteiger partial charge in [-0.1, -0.05) is 17.7 Å². The molecule has 0 radical (unpaired) electrons. The first-order chi connectivity index (χ1) is 9.08. The van der Waals surface area contributed by atoms with Gasteiger partial charge in [-0.2, -0.15) is 5.26 Å². The average Bonchev–Trinajstić information content (AvgIpc) is 2.38. The molecule has 0 bridgehead atoms. The first-order valence-corrected chi connectivity index (χ1v) is 5.84. The molecule has 2 N–H and O–H groups in total. The zero-order chi connectivity index (χ0) is 14.3. The number of halogens is 1. The molecule has 1 atom stereocenters. The third kappa shape index (κ3) is 4.75. The summed E-state index contributed by atoms with van der Waals surface area (Å²) in [5.41, 5.74) is 0.354. The van der Waals surface area contributed by atoms with Crippen LogP contribution in [0.4, 0.5) is 10.5 Å². The van der Waals surface area contributed by atoms with E-state index in [0.717, 1.165) is 4.90 Å². The van der Waals surface area contributed by atoms with Gasteiger partial charge < -0.3 is 14.9 Å². The lowest BCUT2D eigenvalue weighted by molar-refractivity contribution is 0.0616. The van der Waals surface area contributed by atoms with Crippen molar-refractivity contribution in [1.82, 2.24) is 0 Å². The number of rotatable bonds is 6. The predicted octanol–water partition coefficient (Wildman–Crippen LogP) is 1.73. The van der Waals surface area contributed by atoms with E-state index in [1.54, 1.807) is 18.2 Å². The average molecular weight is 285 g/mol. The molecular formula is C12H13ClN2O4. The molecule has 0 aliphatic heterocycles. The van der Waals surface area contributed by atoms with E-state index < -0.39 is 12.2 Å². The van der Waals surface area contributed by atoms with E-state index in [9.17, 15) is 4.79 Å². The molecule has 1 rings (SSSR count). The Morgan fingerprint density at radius 1 is 1.58 bits per heavy atom. The minimum Gasteiger partial charge on any atom is -0.465 e. The first-order valence-electron chi connectivity index (χ1n) is 5.46. The zero-order valence-electron chi connectivity index (χ0n) is 9.99. The molecule has 6 nitrogen and oxygen atoms in total. The minimum atomic E-state index is -1.21. The summed E-state index contributed by atoms with van der Waals surface area (Å²) in [5.74, 6) is 0. The summed E-state index contributed by atoms with van der Waals surface area (Å²) in [6.45, 7) is -0.421. The Kier molecular flexibility index (Phi) is 6.09. The highest BCUT2D eigenvalue weighted by molar-refractivity contribution is 6.30. The molecule has 0 fully saturated rings.